The first-order valence-corrected chi connectivity index (χ1v) is 7.90. The maximum Gasteiger partial charge on any atom is 0.337 e. The van der Waals surface area contributed by atoms with Crippen LogP contribution in [0, 0.1) is 5.41 Å². The van der Waals surface area contributed by atoms with Gasteiger partial charge in [-0.3, -0.25) is 10.2 Å². The molecule has 7 heteroatoms. The van der Waals surface area contributed by atoms with E-state index in [1.807, 2.05) is 0 Å². The van der Waals surface area contributed by atoms with Gasteiger partial charge in [-0.25, -0.2) is 4.79 Å². The van der Waals surface area contributed by atoms with Gasteiger partial charge < -0.3 is 14.8 Å². The number of hydrogen-bond acceptors (Lipinski definition) is 4. The van der Waals surface area contributed by atoms with Crippen LogP contribution in [-0.4, -0.2) is 22.7 Å². The first-order valence-electron chi connectivity index (χ1n) is 7.53. The average molecular weight is 369 g/mol. The Hall–Kier alpha value is -3.38. The predicted octanol–water partition coefficient (Wildman–Crippen LogP) is 4.30. The number of anilines is 1. The third-order valence-corrected chi connectivity index (χ3v) is 3.88. The number of carbonyl (C=O) groups excluding carboxylic acids is 1. The van der Waals surface area contributed by atoms with Crippen LogP contribution >= 0.6 is 11.6 Å². The van der Waals surface area contributed by atoms with Crippen LogP contribution < -0.4 is 5.32 Å². The quantitative estimate of drug-likeness (QED) is 0.584. The summed E-state index contributed by atoms with van der Waals surface area (Å²) in [6, 6.07) is 14.0. The van der Waals surface area contributed by atoms with E-state index < -0.39 is 11.9 Å². The fraction of sp³-hybridized carbons (Fsp3) is 0. The number of carboxylic acid groups (broad SMARTS) is 1. The Morgan fingerprint density at radius 3 is 2.50 bits per heavy atom. The fourth-order valence-electron chi connectivity index (χ4n) is 2.38. The summed E-state index contributed by atoms with van der Waals surface area (Å²) < 4.78 is 5.20. The number of halogens is 1. The normalized spacial score (nSPS) is 10.3. The number of nitrogens with one attached hydrogen (secondary N) is 2. The monoisotopic (exact) mass is 368 g/mol. The molecule has 1 aromatic heterocycles. The van der Waals surface area contributed by atoms with Crippen molar-refractivity contribution in [1.82, 2.24) is 0 Å². The molecule has 2 aromatic carbocycles. The molecule has 0 atom stereocenters. The number of benzene rings is 2. The van der Waals surface area contributed by atoms with E-state index in [1.54, 1.807) is 30.3 Å². The molecule has 1 amide bonds. The molecule has 26 heavy (non-hydrogen) atoms. The Labute approximate surface area is 153 Å². The number of hydrogen-bond donors (Lipinski definition) is 3. The second-order valence-electron chi connectivity index (χ2n) is 5.38. The first-order chi connectivity index (χ1) is 12.5. The second-order valence-corrected chi connectivity index (χ2v) is 5.82. The van der Waals surface area contributed by atoms with Crippen LogP contribution in [0.5, 0.6) is 0 Å². The van der Waals surface area contributed by atoms with Gasteiger partial charge in [0.15, 0.2) is 5.76 Å². The van der Waals surface area contributed by atoms with Gasteiger partial charge in [-0.1, -0.05) is 23.7 Å². The summed E-state index contributed by atoms with van der Waals surface area (Å²) >= 11 is 5.81. The number of carboxylic acids is 1. The van der Waals surface area contributed by atoms with Gasteiger partial charge in [-0.2, -0.15) is 0 Å². The highest BCUT2D eigenvalue weighted by atomic mass is 35.5. The minimum Gasteiger partial charge on any atom is -0.478 e. The summed E-state index contributed by atoms with van der Waals surface area (Å²) in [6.45, 7) is 0. The van der Waals surface area contributed by atoms with Crippen LogP contribution in [0.3, 0.4) is 0 Å². The van der Waals surface area contributed by atoms with E-state index in [2.05, 4.69) is 5.32 Å². The van der Waals surface area contributed by atoms with Crippen molar-refractivity contribution in [1.29, 1.82) is 5.41 Å². The first kappa shape index (κ1) is 17.4. The van der Waals surface area contributed by atoms with Crippen LogP contribution in [0.1, 0.15) is 32.0 Å². The van der Waals surface area contributed by atoms with Crippen molar-refractivity contribution in [2.24, 2.45) is 0 Å². The zero-order valence-electron chi connectivity index (χ0n) is 13.3. The third kappa shape index (κ3) is 3.65. The molecule has 6 nitrogen and oxygen atoms in total. The Morgan fingerprint density at radius 1 is 1.04 bits per heavy atom. The molecule has 3 aromatic rings. The van der Waals surface area contributed by atoms with Gasteiger partial charge in [0.1, 0.15) is 5.71 Å². The molecule has 1 heterocycles. The lowest BCUT2D eigenvalue weighted by Gasteiger charge is -2.10. The van der Waals surface area contributed by atoms with E-state index in [-0.39, 0.29) is 27.5 Å². The smallest absolute Gasteiger partial charge is 0.337 e. The maximum absolute atomic E-state index is 12.5. The third-order valence-electron chi connectivity index (χ3n) is 3.64. The molecule has 0 aliphatic rings. The molecule has 3 rings (SSSR count). The van der Waals surface area contributed by atoms with Crippen molar-refractivity contribution >= 4 is 34.9 Å². The molecule has 0 spiro atoms. The molecule has 0 aliphatic carbocycles. The van der Waals surface area contributed by atoms with Gasteiger partial charge in [-0.15, -0.1) is 0 Å². The van der Waals surface area contributed by atoms with Gasteiger partial charge in [0.05, 0.1) is 17.5 Å². The van der Waals surface area contributed by atoms with Crippen molar-refractivity contribution in [3.63, 3.8) is 0 Å². The second kappa shape index (κ2) is 7.25. The minimum atomic E-state index is -1.20. The van der Waals surface area contributed by atoms with Crippen molar-refractivity contribution in [3.05, 3.63) is 88.3 Å². The average Bonchev–Trinajstić information content (AvgIpc) is 3.17. The van der Waals surface area contributed by atoms with Gasteiger partial charge in [0, 0.05) is 16.1 Å². The van der Waals surface area contributed by atoms with Crippen LogP contribution in [0.4, 0.5) is 5.69 Å². The van der Waals surface area contributed by atoms with E-state index >= 15 is 0 Å². The van der Waals surface area contributed by atoms with E-state index in [9.17, 15) is 14.7 Å². The molecule has 3 N–H and O–H groups in total. The molecule has 0 unspecified atom stereocenters. The summed E-state index contributed by atoms with van der Waals surface area (Å²) in [5.41, 5.74) is 0.957. The standard InChI is InChI=1S/C19H13ClN2O4/c20-13-6-7-15(14(10-13)19(24)25)22-18(23)12-4-1-3-11(9-12)17(21)16-5-2-8-26-16/h1-10,21H,(H,22,23)(H,24,25). The topological polar surface area (TPSA) is 103 Å². The summed E-state index contributed by atoms with van der Waals surface area (Å²) in [6.07, 6.45) is 1.47. The Bertz CT molecular complexity index is 997. The van der Waals surface area contributed by atoms with Crippen LogP contribution in [-0.2, 0) is 0 Å². The van der Waals surface area contributed by atoms with E-state index in [0.29, 0.717) is 11.3 Å². The number of furan rings is 1. The van der Waals surface area contributed by atoms with Crippen LogP contribution in [0.2, 0.25) is 5.02 Å². The van der Waals surface area contributed by atoms with Gasteiger partial charge in [0.2, 0.25) is 0 Å². The Morgan fingerprint density at radius 2 is 1.81 bits per heavy atom. The lowest BCUT2D eigenvalue weighted by Crippen LogP contribution is -2.15. The maximum atomic E-state index is 12.5. The van der Waals surface area contributed by atoms with Crippen LogP contribution in [0.25, 0.3) is 0 Å². The summed E-state index contributed by atoms with van der Waals surface area (Å²) in [4.78, 5) is 23.8. The Kier molecular flexibility index (Phi) is 4.86. The van der Waals surface area contributed by atoms with Gasteiger partial charge in [-0.05, 0) is 42.5 Å². The zero-order chi connectivity index (χ0) is 18.7. The lowest BCUT2D eigenvalue weighted by atomic mass is 10.0. The van der Waals surface area contributed by atoms with Gasteiger partial charge >= 0.3 is 5.97 Å². The summed E-state index contributed by atoms with van der Waals surface area (Å²) in [5.74, 6) is -1.31. The Balaban J connectivity index is 1.87. The number of amides is 1. The highest BCUT2D eigenvalue weighted by Gasteiger charge is 2.15. The lowest BCUT2D eigenvalue weighted by molar-refractivity contribution is 0.0698. The van der Waals surface area contributed by atoms with Gasteiger partial charge in [0.25, 0.3) is 5.91 Å². The highest BCUT2D eigenvalue weighted by molar-refractivity contribution is 6.31. The molecule has 0 bridgehead atoms. The largest absolute Gasteiger partial charge is 0.478 e. The molecule has 0 saturated heterocycles. The van der Waals surface area contributed by atoms with E-state index in [4.69, 9.17) is 21.4 Å². The number of carbonyl (C=O) groups is 2. The van der Waals surface area contributed by atoms with E-state index in [0.717, 1.165) is 0 Å². The van der Waals surface area contributed by atoms with E-state index in [1.165, 1.54) is 30.5 Å². The minimum absolute atomic E-state index is 0.106. The highest BCUT2D eigenvalue weighted by Crippen LogP contribution is 2.22. The van der Waals surface area contributed by atoms with Crippen LogP contribution in [0.15, 0.2) is 65.3 Å². The number of aromatic carboxylic acids is 1. The van der Waals surface area contributed by atoms with Crippen molar-refractivity contribution in [2.75, 3.05) is 5.32 Å². The van der Waals surface area contributed by atoms with Crippen molar-refractivity contribution in [2.45, 2.75) is 0 Å². The molecule has 0 fully saturated rings. The summed E-state index contributed by atoms with van der Waals surface area (Å²) in [5, 5.41) is 20.2. The molecule has 130 valence electrons. The van der Waals surface area contributed by atoms with Crippen molar-refractivity contribution < 1.29 is 19.1 Å². The molecule has 0 aliphatic heterocycles. The summed E-state index contributed by atoms with van der Waals surface area (Å²) in [7, 11) is 0. The number of rotatable bonds is 5. The predicted molar refractivity (Wildman–Crippen MR) is 97.4 cm³/mol. The SMILES string of the molecule is N=C(c1cccc(C(=O)Nc2ccc(Cl)cc2C(=O)O)c1)c1ccco1. The zero-order valence-corrected chi connectivity index (χ0v) is 14.1. The molecular weight excluding hydrogens is 356 g/mol. The molecule has 0 radical (unpaired) electrons. The van der Waals surface area contributed by atoms with Crippen molar-refractivity contribution in [3.8, 4) is 0 Å². The molecule has 0 saturated carbocycles. The molecular formula is C19H13ClN2O4. The fourth-order valence-corrected chi connectivity index (χ4v) is 2.55.